The molecule has 21 heavy (non-hydrogen) atoms. The lowest BCUT2D eigenvalue weighted by Crippen LogP contribution is -2.35. The van der Waals surface area contributed by atoms with Gasteiger partial charge in [-0.05, 0) is 31.4 Å². The molecule has 1 aliphatic rings. The highest BCUT2D eigenvalue weighted by Gasteiger charge is 2.22. The van der Waals surface area contributed by atoms with Gasteiger partial charge < -0.3 is 10.6 Å². The summed E-state index contributed by atoms with van der Waals surface area (Å²) in [5.74, 6) is 0.0229. The van der Waals surface area contributed by atoms with Gasteiger partial charge in [-0.2, -0.15) is 0 Å². The van der Waals surface area contributed by atoms with Crippen molar-refractivity contribution in [1.29, 1.82) is 0 Å². The quantitative estimate of drug-likeness (QED) is 0.912. The van der Waals surface area contributed by atoms with Crippen molar-refractivity contribution in [3.8, 4) is 11.3 Å². The molecular formula is C16H19N3OS. The lowest BCUT2D eigenvalue weighted by Gasteiger charge is -2.08. The van der Waals surface area contributed by atoms with E-state index in [2.05, 4.69) is 46.8 Å². The van der Waals surface area contributed by atoms with Gasteiger partial charge in [-0.25, -0.2) is 4.98 Å². The van der Waals surface area contributed by atoms with E-state index in [1.165, 1.54) is 16.9 Å². The minimum Gasteiger partial charge on any atom is -0.306 e. The monoisotopic (exact) mass is 301 g/mol. The molecule has 0 unspecified atom stereocenters. The molecule has 1 atom stereocenters. The second-order valence-corrected chi connectivity index (χ2v) is 6.08. The first kappa shape index (κ1) is 14.2. The average molecular weight is 301 g/mol. The molecule has 1 aromatic carbocycles. The second kappa shape index (κ2) is 6.37. The van der Waals surface area contributed by atoms with Gasteiger partial charge in [-0.1, -0.05) is 31.2 Å². The highest BCUT2D eigenvalue weighted by Crippen LogP contribution is 2.25. The molecule has 1 aliphatic heterocycles. The van der Waals surface area contributed by atoms with Crippen LogP contribution in [0.1, 0.15) is 25.3 Å². The zero-order valence-electron chi connectivity index (χ0n) is 12.1. The van der Waals surface area contributed by atoms with Crippen LogP contribution >= 0.6 is 11.3 Å². The Morgan fingerprint density at radius 1 is 1.43 bits per heavy atom. The van der Waals surface area contributed by atoms with Crippen molar-refractivity contribution in [2.24, 2.45) is 0 Å². The Labute approximate surface area is 128 Å². The van der Waals surface area contributed by atoms with Gasteiger partial charge in [0, 0.05) is 10.9 Å². The van der Waals surface area contributed by atoms with Gasteiger partial charge >= 0.3 is 0 Å². The minimum absolute atomic E-state index is 0.0229. The van der Waals surface area contributed by atoms with Crippen molar-refractivity contribution in [3.05, 3.63) is 35.2 Å². The number of nitrogens with one attached hydrogen (secondary N) is 2. The van der Waals surface area contributed by atoms with E-state index in [0.29, 0.717) is 5.13 Å². The fourth-order valence-electron chi connectivity index (χ4n) is 2.48. The smallest absolute Gasteiger partial charge is 0.243 e. The van der Waals surface area contributed by atoms with Gasteiger partial charge in [0.05, 0.1) is 11.7 Å². The fourth-order valence-corrected chi connectivity index (χ4v) is 3.20. The Hall–Kier alpha value is -1.72. The Morgan fingerprint density at radius 3 is 2.90 bits per heavy atom. The van der Waals surface area contributed by atoms with Crippen molar-refractivity contribution in [3.63, 3.8) is 0 Å². The second-order valence-electron chi connectivity index (χ2n) is 5.23. The molecule has 2 heterocycles. The van der Waals surface area contributed by atoms with Crippen LogP contribution in [0, 0.1) is 0 Å². The molecule has 110 valence electrons. The van der Waals surface area contributed by atoms with Crippen LogP contribution in [0.15, 0.2) is 29.6 Å². The number of rotatable bonds is 4. The number of aromatic nitrogens is 1. The van der Waals surface area contributed by atoms with Crippen LogP contribution < -0.4 is 10.6 Å². The molecule has 0 bridgehead atoms. The summed E-state index contributed by atoms with van der Waals surface area (Å²) < 4.78 is 0. The van der Waals surface area contributed by atoms with Gasteiger partial charge in [0.1, 0.15) is 0 Å². The van der Waals surface area contributed by atoms with Gasteiger partial charge in [0.25, 0.3) is 0 Å². The summed E-state index contributed by atoms with van der Waals surface area (Å²) in [5, 5.41) is 8.75. The number of benzene rings is 1. The summed E-state index contributed by atoms with van der Waals surface area (Å²) in [6.07, 6.45) is 3.00. The van der Waals surface area contributed by atoms with Crippen molar-refractivity contribution in [2.45, 2.75) is 32.2 Å². The summed E-state index contributed by atoms with van der Waals surface area (Å²) in [6, 6.07) is 8.34. The van der Waals surface area contributed by atoms with E-state index in [0.717, 1.165) is 37.1 Å². The summed E-state index contributed by atoms with van der Waals surface area (Å²) in [5.41, 5.74) is 3.31. The lowest BCUT2D eigenvalue weighted by molar-refractivity contribution is -0.117. The zero-order chi connectivity index (χ0) is 14.7. The average Bonchev–Trinajstić information content (AvgIpc) is 3.19. The molecule has 0 radical (unpaired) electrons. The van der Waals surface area contributed by atoms with Crippen LogP contribution in [-0.4, -0.2) is 23.5 Å². The van der Waals surface area contributed by atoms with E-state index in [1.807, 2.05) is 5.38 Å². The number of anilines is 1. The van der Waals surface area contributed by atoms with Crippen LogP contribution in [-0.2, 0) is 11.2 Å². The van der Waals surface area contributed by atoms with E-state index >= 15 is 0 Å². The van der Waals surface area contributed by atoms with Gasteiger partial charge in [0.2, 0.25) is 5.91 Å². The molecular weight excluding hydrogens is 282 g/mol. The molecule has 3 rings (SSSR count). The van der Waals surface area contributed by atoms with Crippen LogP contribution in [0.2, 0.25) is 0 Å². The summed E-state index contributed by atoms with van der Waals surface area (Å²) >= 11 is 1.47. The van der Waals surface area contributed by atoms with E-state index in [4.69, 9.17) is 0 Å². The van der Waals surface area contributed by atoms with Crippen LogP contribution in [0.25, 0.3) is 11.3 Å². The first-order valence-electron chi connectivity index (χ1n) is 7.35. The van der Waals surface area contributed by atoms with Crippen LogP contribution in [0.4, 0.5) is 5.13 Å². The van der Waals surface area contributed by atoms with E-state index in [9.17, 15) is 4.79 Å². The molecule has 2 N–H and O–H groups in total. The fraction of sp³-hybridized carbons (Fsp3) is 0.375. The van der Waals surface area contributed by atoms with Crippen molar-refractivity contribution < 1.29 is 4.79 Å². The zero-order valence-corrected chi connectivity index (χ0v) is 12.9. The largest absolute Gasteiger partial charge is 0.306 e. The number of hydrogen-bond acceptors (Lipinski definition) is 4. The normalized spacial score (nSPS) is 17.9. The van der Waals surface area contributed by atoms with Crippen LogP contribution in [0.3, 0.4) is 0 Å². The first-order valence-corrected chi connectivity index (χ1v) is 8.23. The Balaban J connectivity index is 1.68. The summed E-state index contributed by atoms with van der Waals surface area (Å²) in [7, 11) is 0. The molecule has 0 spiro atoms. The number of carbonyl (C=O) groups is 1. The molecule has 0 aliphatic carbocycles. The van der Waals surface area contributed by atoms with Crippen LogP contribution in [0.5, 0.6) is 0 Å². The Bertz CT molecular complexity index is 615. The standard InChI is InChI=1S/C16H19N3OS/c1-2-11-5-7-12(8-6-11)14-10-21-16(18-14)19-15(20)13-4-3-9-17-13/h5-8,10,13,17H,2-4,9H2,1H3,(H,18,19,20)/t13-/m0/s1. The molecule has 0 saturated carbocycles. The Kier molecular flexibility index (Phi) is 4.31. The SMILES string of the molecule is CCc1ccc(-c2csc(NC(=O)[C@@H]3CCCN3)n2)cc1. The first-order chi connectivity index (χ1) is 10.3. The molecule has 1 aromatic heterocycles. The lowest BCUT2D eigenvalue weighted by atomic mass is 10.1. The maximum absolute atomic E-state index is 12.0. The van der Waals surface area contributed by atoms with Gasteiger partial charge in [-0.3, -0.25) is 4.79 Å². The third-order valence-corrected chi connectivity index (χ3v) is 4.53. The Morgan fingerprint density at radius 2 is 2.24 bits per heavy atom. The third kappa shape index (κ3) is 3.31. The highest BCUT2D eigenvalue weighted by atomic mass is 32.1. The van der Waals surface area contributed by atoms with E-state index in [1.54, 1.807) is 0 Å². The predicted molar refractivity (Wildman–Crippen MR) is 86.6 cm³/mol. The van der Waals surface area contributed by atoms with E-state index in [-0.39, 0.29) is 11.9 Å². The number of amides is 1. The maximum Gasteiger partial charge on any atom is 0.243 e. The topological polar surface area (TPSA) is 54.0 Å². The molecule has 4 nitrogen and oxygen atoms in total. The van der Waals surface area contributed by atoms with E-state index < -0.39 is 0 Å². The van der Waals surface area contributed by atoms with Gasteiger partial charge in [-0.15, -0.1) is 11.3 Å². The third-order valence-electron chi connectivity index (χ3n) is 3.77. The van der Waals surface area contributed by atoms with Crippen molar-refractivity contribution in [1.82, 2.24) is 10.3 Å². The van der Waals surface area contributed by atoms with Crippen molar-refractivity contribution >= 4 is 22.4 Å². The number of nitrogens with zero attached hydrogens (tertiary/aromatic N) is 1. The summed E-state index contributed by atoms with van der Waals surface area (Å²) in [6.45, 7) is 3.06. The molecule has 5 heteroatoms. The maximum atomic E-state index is 12.0. The molecule has 1 fully saturated rings. The van der Waals surface area contributed by atoms with Gasteiger partial charge in [0.15, 0.2) is 5.13 Å². The van der Waals surface area contributed by atoms with Crippen molar-refractivity contribution in [2.75, 3.05) is 11.9 Å². The summed E-state index contributed by atoms with van der Waals surface area (Å²) in [4.78, 5) is 16.5. The molecule has 2 aromatic rings. The number of thiazole rings is 1. The number of hydrogen-bond donors (Lipinski definition) is 2. The minimum atomic E-state index is -0.0683. The number of carbonyl (C=O) groups excluding carboxylic acids is 1. The predicted octanol–water partition coefficient (Wildman–Crippen LogP) is 3.06. The molecule has 1 saturated heterocycles. The molecule has 1 amide bonds. The highest BCUT2D eigenvalue weighted by molar-refractivity contribution is 7.14. The number of aryl methyl sites for hydroxylation is 1.